The fourth-order valence-corrected chi connectivity index (χ4v) is 2.81. The molecule has 26 heavy (non-hydrogen) atoms. The van der Waals surface area contributed by atoms with Crippen molar-refractivity contribution in [3.63, 3.8) is 0 Å². The van der Waals surface area contributed by atoms with E-state index in [-0.39, 0.29) is 50.7 Å². The Morgan fingerprint density at radius 3 is 2.15 bits per heavy atom. The second kappa shape index (κ2) is 14.0. The number of aromatic nitrogens is 1. The monoisotopic (exact) mass is 594 g/mol. The number of rotatable bonds is 1. The maximum Gasteiger partial charge on any atom is 2.00 e. The van der Waals surface area contributed by atoms with Crippen LogP contribution in [0.3, 0.4) is 0 Å². The minimum Gasteiger partial charge on any atom is -1.00 e. The molecule has 10 heteroatoms. The van der Waals surface area contributed by atoms with Gasteiger partial charge in [0.05, 0.1) is 15.5 Å². The zero-order chi connectivity index (χ0) is 18.3. The molecule has 0 saturated carbocycles. The molecule has 0 radical (unpaired) electrons. The molecule has 3 aromatic rings. The first-order chi connectivity index (χ1) is 11.4. The van der Waals surface area contributed by atoms with Crippen LogP contribution in [0.15, 0.2) is 58.1 Å². The molecular formula is C16H11Br3Cl2MgN2O2. The van der Waals surface area contributed by atoms with E-state index >= 15 is 0 Å². The summed E-state index contributed by atoms with van der Waals surface area (Å²) in [7, 11) is 0. The van der Waals surface area contributed by atoms with Gasteiger partial charge in [-0.05, 0) is 50.1 Å². The third-order valence-electron chi connectivity index (χ3n) is 2.75. The number of nitro benzene ring substituents is 1. The third kappa shape index (κ3) is 7.50. The molecule has 1 N–H and O–H groups in total. The van der Waals surface area contributed by atoms with Gasteiger partial charge in [0.15, 0.2) is 0 Å². The van der Waals surface area contributed by atoms with E-state index in [9.17, 15) is 10.1 Å². The predicted octanol–water partition coefficient (Wildman–Crippen LogP) is 3.82. The smallest absolute Gasteiger partial charge is 1.00 e. The second-order valence-electron chi connectivity index (χ2n) is 4.13. The molecule has 1 heterocycles. The maximum absolute atomic E-state index is 10.3. The Morgan fingerprint density at radius 1 is 1.04 bits per heavy atom. The van der Waals surface area contributed by atoms with Gasteiger partial charge in [0.1, 0.15) is 5.02 Å². The van der Waals surface area contributed by atoms with Crippen LogP contribution in [0.1, 0.15) is 0 Å². The van der Waals surface area contributed by atoms with E-state index in [1.165, 1.54) is 6.07 Å². The summed E-state index contributed by atoms with van der Waals surface area (Å²) in [6, 6.07) is 10.5. The molecule has 0 unspecified atom stereocenters. The molecule has 1 aromatic heterocycles. The molecule has 0 aliphatic carbocycles. The van der Waals surface area contributed by atoms with Crippen molar-refractivity contribution in [3.05, 3.63) is 84.9 Å². The van der Waals surface area contributed by atoms with Gasteiger partial charge < -0.3 is 28.5 Å². The molecule has 3 rings (SSSR count). The first-order valence-corrected chi connectivity index (χ1v) is 8.66. The Labute approximate surface area is 204 Å². The first kappa shape index (κ1) is 28.1. The van der Waals surface area contributed by atoms with Crippen LogP contribution in [-0.2, 0) is 0 Å². The third-order valence-corrected chi connectivity index (χ3v) is 5.31. The van der Waals surface area contributed by atoms with Crippen LogP contribution in [0.4, 0.5) is 5.69 Å². The molecule has 0 saturated heterocycles. The van der Waals surface area contributed by atoms with Gasteiger partial charge in [0, 0.05) is 26.6 Å². The van der Waals surface area contributed by atoms with Crippen molar-refractivity contribution in [2.45, 2.75) is 0 Å². The fraction of sp³-hybridized carbons (Fsp3) is 0. The van der Waals surface area contributed by atoms with Crippen molar-refractivity contribution in [1.82, 2.24) is 4.98 Å². The summed E-state index contributed by atoms with van der Waals surface area (Å²) in [6.07, 6.45) is 1.88. The average molecular weight is 598 g/mol. The summed E-state index contributed by atoms with van der Waals surface area (Å²) in [5, 5.41) is 12.3. The van der Waals surface area contributed by atoms with E-state index in [4.69, 9.17) is 23.2 Å². The number of halogens is 5. The average Bonchev–Trinajstić information content (AvgIpc) is 3.05. The Hall–Kier alpha value is -0.0938. The number of nitrogens with one attached hydrogen (secondary N) is 1. The zero-order valence-electron chi connectivity index (χ0n) is 13.2. The minimum atomic E-state index is -0.521. The molecule has 134 valence electrons. The van der Waals surface area contributed by atoms with E-state index in [0.29, 0.717) is 4.47 Å². The number of benzene rings is 2. The van der Waals surface area contributed by atoms with Gasteiger partial charge in [-0.15, -0.1) is 0 Å². The summed E-state index contributed by atoms with van der Waals surface area (Å²) < 4.78 is 1.46. The largest absolute Gasteiger partial charge is 2.00 e. The van der Waals surface area contributed by atoms with Crippen molar-refractivity contribution in [2.75, 3.05) is 0 Å². The number of hydrogen-bond donors (Lipinski definition) is 1. The van der Waals surface area contributed by atoms with Gasteiger partial charge in [-0.1, -0.05) is 35.3 Å². The van der Waals surface area contributed by atoms with Gasteiger partial charge in [-0.25, -0.2) is 0 Å². The normalized spacial score (nSPS) is 8.77. The van der Waals surface area contributed by atoms with Crippen molar-refractivity contribution in [1.29, 1.82) is 0 Å². The van der Waals surface area contributed by atoms with E-state index in [1.807, 2.05) is 24.4 Å². The molecule has 0 bridgehead atoms. The van der Waals surface area contributed by atoms with Crippen LogP contribution in [0.5, 0.6) is 0 Å². The summed E-state index contributed by atoms with van der Waals surface area (Å²) in [5.41, 5.74) is 0.905. The summed E-state index contributed by atoms with van der Waals surface area (Å²) in [6.45, 7) is 7.00. The van der Waals surface area contributed by atoms with Crippen LogP contribution in [0.2, 0.25) is 10.0 Å². The van der Waals surface area contributed by atoms with Gasteiger partial charge >= 0.3 is 23.1 Å². The molecular weight excluding hydrogens is 587 g/mol. The van der Waals surface area contributed by atoms with Crippen LogP contribution >= 0.6 is 55.1 Å². The fourth-order valence-electron chi connectivity index (χ4n) is 1.70. The van der Waals surface area contributed by atoms with Gasteiger partial charge in [0.25, 0.3) is 5.69 Å². The number of nitro groups is 1. The molecule has 4 nitrogen and oxygen atoms in total. The molecule has 0 atom stereocenters. The van der Waals surface area contributed by atoms with Crippen molar-refractivity contribution >= 4 is 94.7 Å². The molecule has 0 spiro atoms. The maximum atomic E-state index is 10.3. The molecule has 0 amide bonds. The topological polar surface area (TPSA) is 58.9 Å². The van der Waals surface area contributed by atoms with E-state index in [1.54, 1.807) is 12.1 Å². The Balaban J connectivity index is 0. The number of hydrogen-bond acceptors (Lipinski definition) is 2. The first-order valence-electron chi connectivity index (χ1n) is 6.32. The molecule has 0 fully saturated rings. The number of nitrogens with zero attached hydrogens (tertiary/aromatic N) is 1. The van der Waals surface area contributed by atoms with Crippen molar-refractivity contribution in [2.24, 2.45) is 0 Å². The van der Waals surface area contributed by atoms with Crippen molar-refractivity contribution in [3.8, 4) is 0 Å². The Morgan fingerprint density at radius 2 is 1.62 bits per heavy atom. The zero-order valence-corrected chi connectivity index (χ0v) is 20.9. The van der Waals surface area contributed by atoms with Crippen LogP contribution in [-0.4, -0.2) is 33.0 Å². The molecule has 2 aromatic carbocycles. The Kier molecular flexibility index (Phi) is 15.1. The summed E-state index contributed by atoms with van der Waals surface area (Å²) >= 11 is 18.0. The molecule has 0 aliphatic heterocycles. The quantitative estimate of drug-likeness (QED) is 0.201. The van der Waals surface area contributed by atoms with Crippen LogP contribution in [0.25, 0.3) is 10.9 Å². The van der Waals surface area contributed by atoms with Gasteiger partial charge in [-0.3, -0.25) is 16.7 Å². The summed E-state index contributed by atoms with van der Waals surface area (Å²) in [5.74, 6) is 0. The minimum absolute atomic E-state index is 0. The van der Waals surface area contributed by atoms with Crippen LogP contribution < -0.4 is 17.0 Å². The number of H-pyrrole nitrogens is 1. The van der Waals surface area contributed by atoms with E-state index < -0.39 is 4.92 Å². The predicted molar refractivity (Wildman–Crippen MR) is 112 cm³/mol. The van der Waals surface area contributed by atoms with Gasteiger partial charge in [-0.2, -0.15) is 0 Å². The standard InChI is InChI=1S/C8H5BrClN.C6H3BrClNO2.C2H3.BrH.Mg/c9-6-2-1-5-3-4-11-8(5)7(6)10;7-4-2-1-3-5(6(4)8)9(10)11;1-2;;/h1-4,11H;1-3H;1H,2H2;1H;/q;;-1;;+2/p-1. The number of aromatic amines is 1. The van der Waals surface area contributed by atoms with E-state index in [0.717, 1.165) is 20.4 Å². The van der Waals surface area contributed by atoms with Crippen LogP contribution in [0, 0.1) is 16.7 Å². The summed E-state index contributed by atoms with van der Waals surface area (Å²) in [4.78, 5) is 12.8. The number of fused-ring (bicyclic) bond motifs is 1. The molecule has 0 aliphatic rings. The van der Waals surface area contributed by atoms with Gasteiger partial charge in [0.2, 0.25) is 0 Å². The Bertz CT molecular complexity index is 863. The SMILES string of the molecule is Clc1c(Br)ccc2cc[nH]c12.O=[N+]([O-])c1cccc(Br)c1Cl.[Br-].[CH-]=C.[Mg+2]. The van der Waals surface area contributed by atoms with Crippen molar-refractivity contribution < 1.29 is 21.9 Å². The second-order valence-corrected chi connectivity index (χ2v) is 6.60. The van der Waals surface area contributed by atoms with E-state index in [2.05, 4.69) is 50.0 Å².